The highest BCUT2D eigenvalue weighted by molar-refractivity contribution is 8.00. The molecule has 3 nitrogen and oxygen atoms in total. The minimum absolute atomic E-state index is 0.00232. The standard InChI is InChI=1S/C14H18O3S/c1-9(2)13(15)11-5-7-12(8-6-11)18-10(3)14(16)17-4/h5-10H,1-4H3. The third kappa shape index (κ3) is 3.88. The molecule has 0 amide bonds. The lowest BCUT2D eigenvalue weighted by Crippen LogP contribution is -2.14. The van der Waals surface area contributed by atoms with Crippen molar-refractivity contribution >= 4 is 23.5 Å². The van der Waals surface area contributed by atoms with E-state index in [0.717, 1.165) is 4.90 Å². The molecule has 0 saturated carbocycles. The van der Waals surface area contributed by atoms with Crippen molar-refractivity contribution in [3.05, 3.63) is 29.8 Å². The van der Waals surface area contributed by atoms with Gasteiger partial charge in [-0.3, -0.25) is 9.59 Å². The second-order valence-corrected chi connectivity index (χ2v) is 5.74. The van der Waals surface area contributed by atoms with Crippen LogP contribution in [0.15, 0.2) is 29.2 Å². The van der Waals surface area contributed by atoms with Crippen LogP contribution in [0.3, 0.4) is 0 Å². The fourth-order valence-corrected chi connectivity index (χ4v) is 2.34. The summed E-state index contributed by atoms with van der Waals surface area (Å²) in [5.41, 5.74) is 0.708. The Hall–Kier alpha value is -1.29. The number of carbonyl (C=O) groups is 2. The van der Waals surface area contributed by atoms with Crippen LogP contribution in [0.2, 0.25) is 0 Å². The zero-order valence-corrected chi connectivity index (χ0v) is 11.9. The number of carbonyl (C=O) groups excluding carboxylic acids is 2. The number of benzene rings is 1. The Morgan fingerprint density at radius 1 is 1.11 bits per heavy atom. The van der Waals surface area contributed by atoms with Crippen molar-refractivity contribution < 1.29 is 14.3 Å². The van der Waals surface area contributed by atoms with Gasteiger partial charge in [0.1, 0.15) is 5.25 Å². The van der Waals surface area contributed by atoms with Crippen LogP contribution in [0.4, 0.5) is 0 Å². The predicted molar refractivity (Wildman–Crippen MR) is 72.9 cm³/mol. The molecule has 0 radical (unpaired) electrons. The van der Waals surface area contributed by atoms with E-state index in [1.54, 1.807) is 19.1 Å². The molecule has 1 atom stereocenters. The van der Waals surface area contributed by atoms with Crippen LogP contribution < -0.4 is 0 Å². The van der Waals surface area contributed by atoms with E-state index < -0.39 is 0 Å². The minimum Gasteiger partial charge on any atom is -0.468 e. The second-order valence-electron chi connectivity index (χ2n) is 4.33. The Balaban J connectivity index is 2.72. The normalized spacial score (nSPS) is 12.3. The number of hydrogen-bond acceptors (Lipinski definition) is 4. The molecule has 0 spiro atoms. The first-order valence-electron chi connectivity index (χ1n) is 5.84. The fourth-order valence-electron chi connectivity index (χ4n) is 1.45. The van der Waals surface area contributed by atoms with Gasteiger partial charge in [-0.15, -0.1) is 11.8 Å². The summed E-state index contributed by atoms with van der Waals surface area (Å²) in [5, 5.41) is -0.248. The first-order chi connectivity index (χ1) is 8.45. The number of ether oxygens (including phenoxy) is 1. The van der Waals surface area contributed by atoms with Gasteiger partial charge in [0, 0.05) is 16.4 Å². The van der Waals surface area contributed by atoms with Crippen LogP contribution in [0.25, 0.3) is 0 Å². The number of ketones is 1. The zero-order valence-electron chi connectivity index (χ0n) is 11.1. The van der Waals surface area contributed by atoms with E-state index in [4.69, 9.17) is 0 Å². The highest BCUT2D eigenvalue weighted by atomic mass is 32.2. The molecule has 0 aliphatic rings. The molecule has 1 unspecified atom stereocenters. The summed E-state index contributed by atoms with van der Waals surface area (Å²) in [5.74, 6) is -0.118. The summed E-state index contributed by atoms with van der Waals surface area (Å²) < 4.78 is 4.66. The van der Waals surface area contributed by atoms with E-state index in [2.05, 4.69) is 4.74 Å². The van der Waals surface area contributed by atoms with Crippen molar-refractivity contribution in [2.24, 2.45) is 5.92 Å². The van der Waals surface area contributed by atoms with E-state index in [9.17, 15) is 9.59 Å². The second kappa shape index (κ2) is 6.59. The SMILES string of the molecule is COC(=O)C(C)Sc1ccc(C(=O)C(C)C)cc1. The smallest absolute Gasteiger partial charge is 0.318 e. The van der Waals surface area contributed by atoms with Crippen molar-refractivity contribution in [1.82, 2.24) is 0 Å². The van der Waals surface area contributed by atoms with E-state index in [1.807, 2.05) is 26.0 Å². The molecule has 1 aromatic rings. The van der Waals surface area contributed by atoms with Gasteiger partial charge in [-0.05, 0) is 19.1 Å². The van der Waals surface area contributed by atoms with Gasteiger partial charge in [0.2, 0.25) is 0 Å². The molecule has 4 heteroatoms. The average Bonchev–Trinajstić information content (AvgIpc) is 2.37. The van der Waals surface area contributed by atoms with Gasteiger partial charge in [0.25, 0.3) is 0 Å². The molecular formula is C14H18O3S. The number of hydrogen-bond donors (Lipinski definition) is 0. The zero-order chi connectivity index (χ0) is 13.7. The Morgan fingerprint density at radius 2 is 1.67 bits per heavy atom. The topological polar surface area (TPSA) is 43.4 Å². The van der Waals surface area contributed by atoms with Crippen LogP contribution >= 0.6 is 11.8 Å². The van der Waals surface area contributed by atoms with E-state index >= 15 is 0 Å². The molecule has 98 valence electrons. The van der Waals surface area contributed by atoms with Gasteiger partial charge in [0.05, 0.1) is 7.11 Å². The van der Waals surface area contributed by atoms with Crippen molar-refractivity contribution in [2.45, 2.75) is 30.9 Å². The van der Waals surface area contributed by atoms with E-state index in [0.29, 0.717) is 5.56 Å². The van der Waals surface area contributed by atoms with Crippen molar-refractivity contribution in [1.29, 1.82) is 0 Å². The molecule has 0 aromatic heterocycles. The van der Waals surface area contributed by atoms with Gasteiger partial charge >= 0.3 is 5.97 Å². The Morgan fingerprint density at radius 3 is 2.11 bits per heavy atom. The molecule has 0 saturated heterocycles. The largest absolute Gasteiger partial charge is 0.468 e. The van der Waals surface area contributed by atoms with Crippen LogP contribution in [-0.4, -0.2) is 24.1 Å². The summed E-state index contributed by atoms with van der Waals surface area (Å²) in [4.78, 5) is 24.0. The van der Waals surface area contributed by atoms with Gasteiger partial charge in [-0.1, -0.05) is 26.0 Å². The Labute approximate surface area is 112 Å². The highest BCUT2D eigenvalue weighted by Gasteiger charge is 2.15. The molecule has 0 aliphatic carbocycles. The number of rotatable bonds is 5. The monoisotopic (exact) mass is 266 g/mol. The molecule has 0 heterocycles. The third-order valence-electron chi connectivity index (χ3n) is 2.51. The first-order valence-corrected chi connectivity index (χ1v) is 6.72. The van der Waals surface area contributed by atoms with Gasteiger partial charge < -0.3 is 4.74 Å². The molecule has 18 heavy (non-hydrogen) atoms. The van der Waals surface area contributed by atoms with E-state index in [1.165, 1.54) is 18.9 Å². The maximum absolute atomic E-state index is 11.8. The lowest BCUT2D eigenvalue weighted by atomic mass is 10.0. The molecule has 1 rings (SSSR count). The van der Waals surface area contributed by atoms with Gasteiger partial charge in [-0.2, -0.15) is 0 Å². The molecule has 0 aliphatic heterocycles. The summed E-state index contributed by atoms with van der Waals surface area (Å²) in [7, 11) is 1.38. The van der Waals surface area contributed by atoms with Gasteiger partial charge in [0.15, 0.2) is 5.78 Å². The fraction of sp³-hybridized carbons (Fsp3) is 0.429. The summed E-state index contributed by atoms with van der Waals surface area (Å²) in [6.45, 7) is 5.55. The molecular weight excluding hydrogens is 248 g/mol. The summed E-state index contributed by atoms with van der Waals surface area (Å²) in [6.07, 6.45) is 0. The van der Waals surface area contributed by atoms with Crippen LogP contribution in [0.1, 0.15) is 31.1 Å². The van der Waals surface area contributed by atoms with Crippen LogP contribution in [0, 0.1) is 5.92 Å². The Kier molecular flexibility index (Phi) is 5.41. The maximum atomic E-state index is 11.8. The average molecular weight is 266 g/mol. The number of esters is 1. The van der Waals surface area contributed by atoms with Crippen molar-refractivity contribution in [2.75, 3.05) is 7.11 Å². The number of thioether (sulfide) groups is 1. The lowest BCUT2D eigenvalue weighted by molar-refractivity contribution is -0.139. The first kappa shape index (κ1) is 14.8. The number of Topliss-reactive ketones (excluding diaryl/α,β-unsaturated/α-hetero) is 1. The maximum Gasteiger partial charge on any atom is 0.318 e. The van der Waals surface area contributed by atoms with Crippen LogP contribution in [-0.2, 0) is 9.53 Å². The molecule has 0 bridgehead atoms. The van der Waals surface area contributed by atoms with E-state index in [-0.39, 0.29) is 22.9 Å². The number of methoxy groups -OCH3 is 1. The van der Waals surface area contributed by atoms with Crippen molar-refractivity contribution in [3.8, 4) is 0 Å². The van der Waals surface area contributed by atoms with Crippen molar-refractivity contribution in [3.63, 3.8) is 0 Å². The minimum atomic E-state index is -0.248. The Bertz CT molecular complexity index is 423. The molecule has 1 aromatic carbocycles. The summed E-state index contributed by atoms with van der Waals surface area (Å²) >= 11 is 1.42. The molecule has 0 fully saturated rings. The third-order valence-corrected chi connectivity index (χ3v) is 3.60. The predicted octanol–water partition coefficient (Wildman–Crippen LogP) is 3.18. The molecule has 0 N–H and O–H groups in total. The highest BCUT2D eigenvalue weighted by Crippen LogP contribution is 2.24. The van der Waals surface area contributed by atoms with Crippen LogP contribution in [0.5, 0.6) is 0 Å². The summed E-state index contributed by atoms with van der Waals surface area (Å²) in [6, 6.07) is 7.32. The quantitative estimate of drug-likeness (QED) is 0.466. The lowest BCUT2D eigenvalue weighted by Gasteiger charge is -2.09. The van der Waals surface area contributed by atoms with Gasteiger partial charge in [-0.25, -0.2) is 0 Å².